The molecule has 0 bridgehead atoms. The van der Waals surface area contributed by atoms with Gasteiger partial charge in [-0.15, -0.1) is 0 Å². The van der Waals surface area contributed by atoms with E-state index in [0.29, 0.717) is 24.9 Å². The molecule has 1 saturated heterocycles. The first-order valence-corrected chi connectivity index (χ1v) is 13.0. The third-order valence-corrected chi connectivity index (χ3v) is 7.52. The van der Waals surface area contributed by atoms with Gasteiger partial charge in [-0.1, -0.05) is 19.1 Å². The summed E-state index contributed by atoms with van der Waals surface area (Å²) in [6.07, 6.45) is 5.43. The topological polar surface area (TPSA) is 109 Å². The standard InChI is InChI=1S/C27H38N4O5/c1-2-9-29(21-6-7-22-20(19-21)4-3-5-23(22)33)14-11-28-12-15-31(16-13-28)27(36)25-26(35)24(34)8-10-30(25)17-18-32/h3-5,8,10,21,32-33,35H,2,6-7,9,11-19H2,1H3/t21-/m0/s1. The largest absolute Gasteiger partial charge is 0.508 e. The Kier molecular flexibility index (Phi) is 8.66. The number of aliphatic hydroxyl groups excluding tert-OH is 1. The maximum absolute atomic E-state index is 13.1. The van der Waals surface area contributed by atoms with E-state index in [-0.39, 0.29) is 24.8 Å². The number of fused-ring (bicyclic) bond motifs is 1. The molecule has 9 heteroatoms. The predicted octanol–water partition coefficient (Wildman–Crippen LogP) is 1.28. The zero-order valence-electron chi connectivity index (χ0n) is 21.1. The van der Waals surface area contributed by atoms with Crippen molar-refractivity contribution in [3.63, 3.8) is 0 Å². The normalized spacial score (nSPS) is 18.4. The highest BCUT2D eigenvalue weighted by molar-refractivity contribution is 5.95. The first-order valence-electron chi connectivity index (χ1n) is 13.0. The van der Waals surface area contributed by atoms with Crippen LogP contribution in [0.1, 0.15) is 41.4 Å². The number of piperazine rings is 1. The molecule has 0 spiro atoms. The molecule has 2 aromatic rings. The van der Waals surface area contributed by atoms with Gasteiger partial charge in [0.1, 0.15) is 5.75 Å². The van der Waals surface area contributed by atoms with Gasteiger partial charge in [-0.2, -0.15) is 0 Å². The fourth-order valence-electron chi connectivity index (χ4n) is 5.52. The summed E-state index contributed by atoms with van der Waals surface area (Å²) >= 11 is 0. The Bertz CT molecular complexity index is 1110. The molecule has 1 aliphatic carbocycles. The first kappa shape index (κ1) is 26.2. The van der Waals surface area contributed by atoms with Crippen molar-refractivity contribution < 1.29 is 20.1 Å². The lowest BCUT2D eigenvalue weighted by molar-refractivity contribution is 0.0593. The van der Waals surface area contributed by atoms with E-state index in [4.69, 9.17) is 0 Å². The van der Waals surface area contributed by atoms with Crippen LogP contribution in [0.5, 0.6) is 11.5 Å². The van der Waals surface area contributed by atoms with Gasteiger partial charge in [0.2, 0.25) is 5.43 Å². The van der Waals surface area contributed by atoms with Crippen LogP contribution in [-0.2, 0) is 19.4 Å². The highest BCUT2D eigenvalue weighted by atomic mass is 16.3. The molecular formula is C27H38N4O5. The van der Waals surface area contributed by atoms with Crippen LogP contribution < -0.4 is 5.43 Å². The van der Waals surface area contributed by atoms with Gasteiger partial charge in [-0.05, 0) is 49.4 Å². The van der Waals surface area contributed by atoms with Crippen molar-refractivity contribution in [1.29, 1.82) is 0 Å². The summed E-state index contributed by atoms with van der Waals surface area (Å²) in [5.74, 6) is -0.524. The van der Waals surface area contributed by atoms with Crippen molar-refractivity contribution in [1.82, 2.24) is 19.3 Å². The molecule has 9 nitrogen and oxygen atoms in total. The number of rotatable bonds is 9. The number of benzene rings is 1. The molecule has 1 fully saturated rings. The van der Waals surface area contributed by atoms with Crippen LogP contribution in [0.4, 0.5) is 0 Å². The highest BCUT2D eigenvalue weighted by Crippen LogP contribution is 2.30. The third-order valence-electron chi connectivity index (χ3n) is 7.52. The van der Waals surface area contributed by atoms with Crippen LogP contribution in [-0.4, -0.2) is 99.0 Å². The predicted molar refractivity (Wildman–Crippen MR) is 138 cm³/mol. The minimum Gasteiger partial charge on any atom is -0.508 e. The lowest BCUT2D eigenvalue weighted by atomic mass is 9.87. The van der Waals surface area contributed by atoms with E-state index in [1.165, 1.54) is 22.4 Å². The average Bonchev–Trinajstić information content (AvgIpc) is 2.89. The van der Waals surface area contributed by atoms with E-state index < -0.39 is 11.2 Å². The molecule has 1 aromatic carbocycles. The molecule has 1 aromatic heterocycles. The zero-order chi connectivity index (χ0) is 25.7. The monoisotopic (exact) mass is 498 g/mol. The second-order valence-corrected chi connectivity index (χ2v) is 9.78. The van der Waals surface area contributed by atoms with Crippen molar-refractivity contribution in [2.24, 2.45) is 0 Å². The number of carbonyl (C=O) groups excluding carboxylic acids is 1. The van der Waals surface area contributed by atoms with Crippen LogP contribution in [0, 0.1) is 0 Å². The fraction of sp³-hybridized carbons (Fsp3) is 0.556. The van der Waals surface area contributed by atoms with Crippen LogP contribution in [0.3, 0.4) is 0 Å². The second-order valence-electron chi connectivity index (χ2n) is 9.78. The summed E-state index contributed by atoms with van der Waals surface area (Å²) in [6.45, 7) is 7.53. The molecule has 1 aliphatic heterocycles. The number of phenolic OH excluding ortho intramolecular Hbond substituents is 1. The number of aromatic nitrogens is 1. The summed E-state index contributed by atoms with van der Waals surface area (Å²) in [7, 11) is 0. The maximum atomic E-state index is 13.1. The lowest BCUT2D eigenvalue weighted by Gasteiger charge is -2.39. The van der Waals surface area contributed by atoms with Crippen LogP contribution in [0.2, 0.25) is 0 Å². The minimum atomic E-state index is -0.595. The number of aromatic hydroxyl groups is 2. The minimum absolute atomic E-state index is 0.0530. The molecule has 196 valence electrons. The molecule has 2 aliphatic rings. The van der Waals surface area contributed by atoms with Gasteiger partial charge in [0, 0.05) is 64.1 Å². The van der Waals surface area contributed by atoms with E-state index in [2.05, 4.69) is 22.8 Å². The van der Waals surface area contributed by atoms with Gasteiger partial charge in [0.25, 0.3) is 5.91 Å². The van der Waals surface area contributed by atoms with Gasteiger partial charge < -0.3 is 24.8 Å². The fourth-order valence-corrected chi connectivity index (χ4v) is 5.52. The first-order chi connectivity index (χ1) is 17.4. The number of phenols is 1. The number of nitrogens with zero attached hydrogens (tertiary/aromatic N) is 4. The Balaban J connectivity index is 1.33. The molecule has 1 atom stereocenters. The summed E-state index contributed by atoms with van der Waals surface area (Å²) in [5.41, 5.74) is 1.70. The van der Waals surface area contributed by atoms with E-state index >= 15 is 0 Å². The van der Waals surface area contributed by atoms with E-state index in [1.807, 2.05) is 6.07 Å². The van der Waals surface area contributed by atoms with E-state index in [9.17, 15) is 24.9 Å². The van der Waals surface area contributed by atoms with Crippen LogP contribution in [0.25, 0.3) is 0 Å². The molecule has 3 N–H and O–H groups in total. The molecule has 0 saturated carbocycles. The molecule has 0 radical (unpaired) electrons. The third kappa shape index (κ3) is 5.74. The Hall–Kier alpha value is -2.88. The molecular weight excluding hydrogens is 460 g/mol. The number of pyridine rings is 1. The van der Waals surface area contributed by atoms with E-state index in [1.54, 1.807) is 11.0 Å². The summed E-state index contributed by atoms with van der Waals surface area (Å²) < 4.78 is 1.44. The molecule has 0 unspecified atom stereocenters. The smallest absolute Gasteiger partial charge is 0.274 e. The van der Waals surface area contributed by atoms with Crippen molar-refractivity contribution in [2.45, 2.75) is 45.2 Å². The van der Waals surface area contributed by atoms with Crippen molar-refractivity contribution in [2.75, 3.05) is 52.4 Å². The van der Waals surface area contributed by atoms with Crippen LogP contribution in [0.15, 0.2) is 35.3 Å². The van der Waals surface area contributed by atoms with Crippen molar-refractivity contribution >= 4 is 5.91 Å². The Morgan fingerprint density at radius 3 is 2.58 bits per heavy atom. The Labute approximate surface area is 212 Å². The van der Waals surface area contributed by atoms with E-state index in [0.717, 1.165) is 64.0 Å². The second kappa shape index (κ2) is 11.9. The van der Waals surface area contributed by atoms with Crippen LogP contribution >= 0.6 is 0 Å². The zero-order valence-corrected chi connectivity index (χ0v) is 21.1. The highest BCUT2D eigenvalue weighted by Gasteiger charge is 2.29. The molecule has 2 heterocycles. The lowest BCUT2D eigenvalue weighted by Crippen LogP contribution is -2.51. The number of hydrogen-bond donors (Lipinski definition) is 3. The number of amides is 1. The average molecular weight is 499 g/mol. The summed E-state index contributed by atoms with van der Waals surface area (Å²) in [6, 6.07) is 7.51. The molecule has 1 amide bonds. The van der Waals surface area contributed by atoms with Crippen molar-refractivity contribution in [3.8, 4) is 11.5 Å². The molecule has 36 heavy (non-hydrogen) atoms. The van der Waals surface area contributed by atoms with Gasteiger partial charge in [0.15, 0.2) is 11.4 Å². The SMILES string of the molecule is CCCN(CCN1CCN(C(=O)c2c(O)c(=O)ccn2CCO)CC1)[C@H]1CCc2c(O)cccc2C1. The quantitative estimate of drug-likeness (QED) is 0.478. The number of aliphatic hydroxyl groups is 1. The maximum Gasteiger partial charge on any atom is 0.274 e. The Morgan fingerprint density at radius 1 is 1.08 bits per heavy atom. The van der Waals surface area contributed by atoms with Crippen molar-refractivity contribution in [3.05, 3.63) is 57.5 Å². The number of hydrogen-bond acceptors (Lipinski definition) is 7. The molecule has 4 rings (SSSR count). The summed E-state index contributed by atoms with van der Waals surface area (Å²) in [4.78, 5) is 31.7. The van der Waals surface area contributed by atoms with Gasteiger partial charge >= 0.3 is 0 Å². The van der Waals surface area contributed by atoms with Gasteiger partial charge in [-0.3, -0.25) is 19.4 Å². The van der Waals surface area contributed by atoms with Gasteiger partial charge in [0.05, 0.1) is 6.61 Å². The van der Waals surface area contributed by atoms with Gasteiger partial charge in [-0.25, -0.2) is 0 Å². The number of carbonyl (C=O) groups is 1. The summed E-state index contributed by atoms with van der Waals surface area (Å²) in [5, 5.41) is 29.7. The Morgan fingerprint density at radius 2 is 1.86 bits per heavy atom.